The van der Waals surface area contributed by atoms with Gasteiger partial charge in [0.2, 0.25) is 0 Å². The molecule has 2 aromatic rings. The molecule has 0 fully saturated rings. The monoisotopic (exact) mass is 233 g/mol. The van der Waals surface area contributed by atoms with Crippen molar-refractivity contribution in [2.24, 2.45) is 12.8 Å². The summed E-state index contributed by atoms with van der Waals surface area (Å²) in [5.74, 6) is 0.836. The lowest BCUT2D eigenvalue weighted by Crippen LogP contribution is -1.99. The molecule has 2 rings (SSSR count). The molecule has 92 valence electrons. The smallest absolute Gasteiger partial charge is 0.125 e. The van der Waals surface area contributed by atoms with Crippen LogP contribution in [0.25, 0.3) is 11.1 Å². The maximum atomic E-state index is 5.70. The summed E-state index contributed by atoms with van der Waals surface area (Å²) in [6.07, 6.45) is 3.57. The van der Waals surface area contributed by atoms with Crippen molar-refractivity contribution in [3.8, 4) is 11.1 Å². The van der Waals surface area contributed by atoms with Crippen molar-refractivity contribution in [2.45, 2.75) is 33.2 Å². The molecule has 0 bridgehead atoms. The summed E-state index contributed by atoms with van der Waals surface area (Å²) in [4.78, 5) is 0. The molecule has 0 aliphatic carbocycles. The van der Waals surface area contributed by atoms with Gasteiger partial charge in [-0.25, -0.2) is 0 Å². The molecule has 0 unspecified atom stereocenters. The van der Waals surface area contributed by atoms with Gasteiger partial charge in [0.25, 0.3) is 0 Å². The Kier molecular flexibility index (Phi) is 3.33. The summed E-state index contributed by atoms with van der Waals surface area (Å²) < 4.78 is 7.37. The van der Waals surface area contributed by atoms with Gasteiger partial charge in [0.05, 0.1) is 18.5 Å². The van der Waals surface area contributed by atoms with E-state index in [0.29, 0.717) is 6.54 Å². The van der Waals surface area contributed by atoms with Gasteiger partial charge in [-0.1, -0.05) is 13.8 Å². The lowest BCUT2D eigenvalue weighted by Gasteiger charge is -2.04. The quantitative estimate of drug-likeness (QED) is 0.881. The first-order valence-corrected chi connectivity index (χ1v) is 6.04. The van der Waals surface area contributed by atoms with E-state index in [1.807, 2.05) is 17.8 Å². The third-order valence-electron chi connectivity index (χ3n) is 3.11. The molecule has 0 aliphatic heterocycles. The van der Waals surface area contributed by atoms with Crippen molar-refractivity contribution in [3.05, 3.63) is 29.5 Å². The number of hydrogen-bond donors (Lipinski definition) is 1. The fraction of sp³-hybridized carbons (Fsp3) is 0.462. The topological polar surface area (TPSA) is 57.0 Å². The Balaban J connectivity index is 2.64. The molecule has 4 nitrogen and oxygen atoms in total. The Morgan fingerprint density at radius 3 is 2.71 bits per heavy atom. The number of aromatic nitrogens is 2. The van der Waals surface area contributed by atoms with Gasteiger partial charge in [-0.2, -0.15) is 5.10 Å². The second-order valence-electron chi connectivity index (χ2n) is 4.06. The SMILES string of the molecule is CCc1nn(C)c(CC)c1-c1ccoc1CN. The van der Waals surface area contributed by atoms with Gasteiger partial charge >= 0.3 is 0 Å². The first-order chi connectivity index (χ1) is 8.22. The fourth-order valence-corrected chi connectivity index (χ4v) is 2.31. The molecule has 17 heavy (non-hydrogen) atoms. The van der Waals surface area contributed by atoms with Crippen LogP contribution >= 0.6 is 0 Å². The summed E-state index contributed by atoms with van der Waals surface area (Å²) in [5.41, 5.74) is 10.3. The standard InChI is InChI=1S/C13H19N3O/c1-4-10-13(11(5-2)16(3)15-10)9-6-7-17-12(9)8-14/h6-7H,4-5,8,14H2,1-3H3. The van der Waals surface area contributed by atoms with E-state index in [1.54, 1.807) is 6.26 Å². The van der Waals surface area contributed by atoms with Crippen LogP contribution in [0.15, 0.2) is 16.7 Å². The van der Waals surface area contributed by atoms with Crippen LogP contribution in [0.5, 0.6) is 0 Å². The number of furan rings is 1. The number of nitrogens with zero attached hydrogens (tertiary/aromatic N) is 2. The number of rotatable bonds is 4. The van der Waals surface area contributed by atoms with E-state index in [4.69, 9.17) is 10.2 Å². The Morgan fingerprint density at radius 1 is 1.35 bits per heavy atom. The minimum atomic E-state index is 0.420. The van der Waals surface area contributed by atoms with Gasteiger partial charge in [0.1, 0.15) is 5.76 Å². The number of hydrogen-bond acceptors (Lipinski definition) is 3. The maximum Gasteiger partial charge on any atom is 0.125 e. The van der Waals surface area contributed by atoms with Gasteiger partial charge in [-0.05, 0) is 18.9 Å². The van der Waals surface area contributed by atoms with Crippen LogP contribution < -0.4 is 5.73 Å². The molecule has 2 heterocycles. The summed E-state index contributed by atoms with van der Waals surface area (Å²) in [6.45, 7) is 4.68. The molecule has 0 radical (unpaired) electrons. The van der Waals surface area contributed by atoms with Crippen LogP contribution in [0.3, 0.4) is 0 Å². The molecule has 2 N–H and O–H groups in total. The van der Waals surface area contributed by atoms with Crippen LogP contribution in [-0.4, -0.2) is 9.78 Å². The lowest BCUT2D eigenvalue weighted by atomic mass is 10.0. The van der Waals surface area contributed by atoms with Crippen LogP contribution in [0, 0.1) is 0 Å². The first-order valence-electron chi connectivity index (χ1n) is 6.04. The molecule has 0 amide bonds. The summed E-state index contributed by atoms with van der Waals surface area (Å²) in [6, 6.07) is 1.98. The molecule has 0 saturated carbocycles. The fourth-order valence-electron chi connectivity index (χ4n) is 2.31. The maximum absolute atomic E-state index is 5.70. The molecule has 0 aliphatic rings. The molecule has 0 spiro atoms. The second kappa shape index (κ2) is 4.75. The summed E-state index contributed by atoms with van der Waals surface area (Å²) >= 11 is 0. The van der Waals surface area contributed by atoms with Crippen molar-refractivity contribution in [1.82, 2.24) is 9.78 Å². The molecular weight excluding hydrogens is 214 g/mol. The van der Waals surface area contributed by atoms with Gasteiger partial charge in [-0.15, -0.1) is 0 Å². The highest BCUT2D eigenvalue weighted by molar-refractivity contribution is 5.70. The molecule has 0 saturated heterocycles. The van der Waals surface area contributed by atoms with Crippen LogP contribution in [0.2, 0.25) is 0 Å². The Labute approximate surface area is 101 Å². The van der Waals surface area contributed by atoms with Crippen molar-refractivity contribution >= 4 is 0 Å². The Morgan fingerprint density at radius 2 is 2.12 bits per heavy atom. The van der Waals surface area contributed by atoms with E-state index < -0.39 is 0 Å². The average molecular weight is 233 g/mol. The molecule has 0 atom stereocenters. The van der Waals surface area contributed by atoms with E-state index in [1.165, 1.54) is 11.3 Å². The van der Waals surface area contributed by atoms with Gasteiger partial charge < -0.3 is 10.2 Å². The van der Waals surface area contributed by atoms with Crippen molar-refractivity contribution < 1.29 is 4.42 Å². The van der Waals surface area contributed by atoms with Crippen LogP contribution in [-0.2, 0) is 26.4 Å². The average Bonchev–Trinajstić information content (AvgIpc) is 2.91. The van der Waals surface area contributed by atoms with Crippen molar-refractivity contribution in [1.29, 1.82) is 0 Å². The van der Waals surface area contributed by atoms with E-state index in [-0.39, 0.29) is 0 Å². The minimum Gasteiger partial charge on any atom is -0.467 e. The summed E-state index contributed by atoms with van der Waals surface area (Å²) in [7, 11) is 1.99. The molecule has 2 aromatic heterocycles. The predicted molar refractivity (Wildman–Crippen MR) is 67.6 cm³/mol. The second-order valence-corrected chi connectivity index (χ2v) is 4.06. The normalized spacial score (nSPS) is 11.1. The van der Waals surface area contributed by atoms with Crippen LogP contribution in [0.1, 0.15) is 31.0 Å². The third kappa shape index (κ3) is 1.89. The van der Waals surface area contributed by atoms with E-state index in [0.717, 1.165) is 29.9 Å². The highest BCUT2D eigenvalue weighted by atomic mass is 16.3. The number of nitrogens with two attached hydrogens (primary N) is 1. The van der Waals surface area contributed by atoms with E-state index >= 15 is 0 Å². The molecule has 0 aromatic carbocycles. The minimum absolute atomic E-state index is 0.420. The predicted octanol–water partition coefficient (Wildman–Crippen LogP) is 2.26. The largest absolute Gasteiger partial charge is 0.467 e. The van der Waals surface area contributed by atoms with Gasteiger partial charge in [0, 0.05) is 23.9 Å². The lowest BCUT2D eigenvalue weighted by molar-refractivity contribution is 0.513. The molecular formula is C13H19N3O. The zero-order chi connectivity index (χ0) is 12.4. The zero-order valence-electron chi connectivity index (χ0n) is 10.7. The van der Waals surface area contributed by atoms with Crippen LogP contribution in [0.4, 0.5) is 0 Å². The third-order valence-corrected chi connectivity index (χ3v) is 3.11. The van der Waals surface area contributed by atoms with Gasteiger partial charge in [0.15, 0.2) is 0 Å². The Bertz CT molecular complexity index is 511. The highest BCUT2D eigenvalue weighted by Crippen LogP contribution is 2.31. The zero-order valence-corrected chi connectivity index (χ0v) is 10.7. The number of aryl methyl sites for hydroxylation is 2. The highest BCUT2D eigenvalue weighted by Gasteiger charge is 2.19. The first kappa shape index (κ1) is 11.9. The van der Waals surface area contributed by atoms with E-state index in [9.17, 15) is 0 Å². The molecule has 4 heteroatoms. The van der Waals surface area contributed by atoms with Crippen molar-refractivity contribution in [2.75, 3.05) is 0 Å². The Hall–Kier alpha value is -1.55. The van der Waals surface area contributed by atoms with E-state index in [2.05, 4.69) is 18.9 Å². The van der Waals surface area contributed by atoms with Crippen molar-refractivity contribution in [3.63, 3.8) is 0 Å². The van der Waals surface area contributed by atoms with Gasteiger partial charge in [-0.3, -0.25) is 4.68 Å². The summed E-state index contributed by atoms with van der Waals surface area (Å²) in [5, 5.41) is 4.57.